The first kappa shape index (κ1) is 18.6. The van der Waals surface area contributed by atoms with Crippen LogP contribution in [0.15, 0.2) is 36.4 Å². The third kappa shape index (κ3) is 3.62. The number of piperidine rings is 3. The van der Waals surface area contributed by atoms with Crippen molar-refractivity contribution in [3.8, 4) is 11.1 Å². The first-order chi connectivity index (χ1) is 14.1. The zero-order chi connectivity index (χ0) is 20.0. The number of amides is 1. The molecule has 6 heteroatoms. The number of carbonyl (C=O) groups is 1. The van der Waals surface area contributed by atoms with Gasteiger partial charge in [0, 0.05) is 12.1 Å². The molecular weight excluding hydrogens is 374 g/mol. The molecule has 6 rings (SSSR count). The Morgan fingerprint density at radius 3 is 2.66 bits per heavy atom. The Morgan fingerprint density at radius 1 is 1.07 bits per heavy atom. The third-order valence-electron chi connectivity index (χ3n) is 6.61. The van der Waals surface area contributed by atoms with Crippen LogP contribution in [0.5, 0.6) is 0 Å². The minimum atomic E-state index is -0.474. The van der Waals surface area contributed by atoms with E-state index in [1.807, 2.05) is 18.2 Å². The van der Waals surface area contributed by atoms with Gasteiger partial charge in [0.1, 0.15) is 17.7 Å². The number of carbonyl (C=O) groups excluding carboxylic acids is 1. The highest BCUT2D eigenvalue weighted by Crippen LogP contribution is 2.36. The number of nitrogens with zero attached hydrogens (tertiary/aromatic N) is 1. The van der Waals surface area contributed by atoms with Crippen LogP contribution in [-0.4, -0.2) is 36.7 Å². The number of benzene rings is 2. The Bertz CT molecular complexity index is 940. The molecule has 3 saturated heterocycles. The van der Waals surface area contributed by atoms with Gasteiger partial charge in [0.05, 0.1) is 6.04 Å². The zero-order valence-electron chi connectivity index (χ0n) is 16.2. The topological polar surface area (TPSA) is 41.6 Å². The van der Waals surface area contributed by atoms with Crippen molar-refractivity contribution in [2.75, 3.05) is 19.6 Å². The second-order valence-electron chi connectivity index (χ2n) is 8.36. The van der Waals surface area contributed by atoms with Crippen molar-refractivity contribution in [3.63, 3.8) is 0 Å². The number of hydrogen-bond donors (Lipinski definition) is 1. The molecule has 2 aromatic carbocycles. The molecule has 29 heavy (non-hydrogen) atoms. The molecule has 0 spiro atoms. The highest BCUT2D eigenvalue weighted by molar-refractivity contribution is 5.70. The maximum Gasteiger partial charge on any atom is 0.407 e. The lowest BCUT2D eigenvalue weighted by Gasteiger charge is -2.43. The SMILES string of the molecule is O=C(NC1CCc2ccc(-c3cc(F)ccc3F)cc21)O[C@@H]1CN2CCC1CC2. The third-order valence-corrected chi connectivity index (χ3v) is 6.61. The molecule has 152 valence electrons. The Hall–Kier alpha value is -2.47. The lowest BCUT2D eigenvalue weighted by molar-refractivity contribution is -0.0339. The highest BCUT2D eigenvalue weighted by atomic mass is 19.1. The summed E-state index contributed by atoms with van der Waals surface area (Å²) >= 11 is 0. The van der Waals surface area contributed by atoms with E-state index in [0.717, 1.165) is 68.6 Å². The van der Waals surface area contributed by atoms with E-state index < -0.39 is 11.6 Å². The molecule has 3 aliphatic heterocycles. The Morgan fingerprint density at radius 2 is 1.90 bits per heavy atom. The summed E-state index contributed by atoms with van der Waals surface area (Å²) in [5, 5.41) is 3.00. The van der Waals surface area contributed by atoms with E-state index >= 15 is 0 Å². The highest BCUT2D eigenvalue weighted by Gasteiger charge is 2.37. The largest absolute Gasteiger partial charge is 0.445 e. The molecule has 0 radical (unpaired) electrons. The van der Waals surface area contributed by atoms with Crippen molar-refractivity contribution in [1.82, 2.24) is 10.2 Å². The molecule has 1 N–H and O–H groups in total. The summed E-state index contributed by atoms with van der Waals surface area (Å²) in [5.41, 5.74) is 2.92. The molecule has 3 fully saturated rings. The molecule has 1 unspecified atom stereocenters. The number of aryl methyl sites for hydroxylation is 1. The summed E-state index contributed by atoms with van der Waals surface area (Å²) in [6.45, 7) is 3.02. The van der Waals surface area contributed by atoms with Gasteiger partial charge in [-0.3, -0.25) is 4.90 Å². The Kier molecular flexibility index (Phi) is 4.74. The molecule has 1 amide bonds. The van der Waals surface area contributed by atoms with Crippen LogP contribution in [-0.2, 0) is 11.2 Å². The number of fused-ring (bicyclic) bond motifs is 4. The smallest absolute Gasteiger partial charge is 0.407 e. The first-order valence-corrected chi connectivity index (χ1v) is 10.3. The van der Waals surface area contributed by atoms with E-state index in [1.54, 1.807) is 0 Å². The quantitative estimate of drug-likeness (QED) is 0.831. The fourth-order valence-corrected chi connectivity index (χ4v) is 5.00. The molecule has 3 heterocycles. The van der Waals surface area contributed by atoms with Gasteiger partial charge in [-0.15, -0.1) is 0 Å². The Labute approximate surface area is 168 Å². The van der Waals surface area contributed by atoms with Crippen LogP contribution in [0.1, 0.15) is 36.4 Å². The van der Waals surface area contributed by atoms with Crippen molar-refractivity contribution in [1.29, 1.82) is 0 Å². The van der Waals surface area contributed by atoms with Gasteiger partial charge in [-0.25, -0.2) is 13.6 Å². The fourth-order valence-electron chi connectivity index (χ4n) is 5.00. The molecule has 2 bridgehead atoms. The molecule has 0 aromatic heterocycles. The molecule has 4 aliphatic rings. The molecule has 0 saturated carbocycles. The van der Waals surface area contributed by atoms with Gasteiger partial charge in [-0.05, 0) is 85.6 Å². The maximum absolute atomic E-state index is 14.2. The normalized spacial score (nSPS) is 27.5. The minimum Gasteiger partial charge on any atom is -0.445 e. The summed E-state index contributed by atoms with van der Waals surface area (Å²) < 4.78 is 33.5. The van der Waals surface area contributed by atoms with Gasteiger partial charge in [0.25, 0.3) is 0 Å². The van der Waals surface area contributed by atoms with Crippen LogP contribution in [0, 0.1) is 17.6 Å². The first-order valence-electron chi connectivity index (χ1n) is 10.3. The second kappa shape index (κ2) is 7.41. The fraction of sp³-hybridized carbons (Fsp3) is 0.435. The van der Waals surface area contributed by atoms with Gasteiger partial charge in [0.15, 0.2) is 0 Å². The lowest BCUT2D eigenvalue weighted by Crippen LogP contribution is -2.52. The standard InChI is InChI=1S/C23H24F2N2O2/c24-17-4-5-20(25)18(12-17)16-2-1-14-3-6-21(19(14)11-16)26-23(28)29-22-13-27-9-7-15(22)8-10-27/h1-2,4-5,11-12,15,21-22H,3,6-10,13H2,(H,26,28)/t21?,22-/m1/s1. The number of halogens is 2. The van der Waals surface area contributed by atoms with Crippen LogP contribution in [0.25, 0.3) is 11.1 Å². The van der Waals surface area contributed by atoms with E-state index in [0.29, 0.717) is 11.5 Å². The van der Waals surface area contributed by atoms with E-state index in [9.17, 15) is 13.6 Å². The summed E-state index contributed by atoms with van der Waals surface area (Å²) in [6.07, 6.45) is 3.38. The van der Waals surface area contributed by atoms with Crippen LogP contribution in [0.2, 0.25) is 0 Å². The van der Waals surface area contributed by atoms with Gasteiger partial charge in [-0.2, -0.15) is 0 Å². The minimum absolute atomic E-state index is 0.0360. The molecule has 4 nitrogen and oxygen atoms in total. The van der Waals surface area contributed by atoms with Crippen molar-refractivity contribution in [2.24, 2.45) is 5.92 Å². The number of nitrogens with one attached hydrogen (secondary N) is 1. The molecule has 2 aromatic rings. The molecule has 2 atom stereocenters. The monoisotopic (exact) mass is 398 g/mol. The summed E-state index contributed by atoms with van der Waals surface area (Å²) in [5.74, 6) is -0.475. The predicted octanol–water partition coefficient (Wildman–Crippen LogP) is 4.44. The molecule has 1 aliphatic carbocycles. The number of alkyl carbamates (subject to hydrolysis) is 1. The Balaban J connectivity index is 1.31. The zero-order valence-corrected chi connectivity index (χ0v) is 16.2. The van der Waals surface area contributed by atoms with E-state index in [-0.39, 0.29) is 23.8 Å². The van der Waals surface area contributed by atoms with Gasteiger partial charge >= 0.3 is 6.09 Å². The van der Waals surface area contributed by atoms with Gasteiger partial charge in [0.2, 0.25) is 0 Å². The second-order valence-corrected chi connectivity index (χ2v) is 8.36. The van der Waals surface area contributed by atoms with Crippen molar-refractivity contribution in [2.45, 2.75) is 37.8 Å². The van der Waals surface area contributed by atoms with Crippen LogP contribution >= 0.6 is 0 Å². The lowest BCUT2D eigenvalue weighted by atomic mass is 9.86. The van der Waals surface area contributed by atoms with Gasteiger partial charge in [-0.1, -0.05) is 12.1 Å². The predicted molar refractivity (Wildman–Crippen MR) is 105 cm³/mol. The van der Waals surface area contributed by atoms with E-state index in [4.69, 9.17) is 4.74 Å². The number of hydrogen-bond acceptors (Lipinski definition) is 3. The molecular formula is C23H24F2N2O2. The average Bonchev–Trinajstić information content (AvgIpc) is 3.12. The van der Waals surface area contributed by atoms with Gasteiger partial charge < -0.3 is 10.1 Å². The van der Waals surface area contributed by atoms with Crippen molar-refractivity contribution in [3.05, 3.63) is 59.2 Å². The van der Waals surface area contributed by atoms with E-state index in [2.05, 4.69) is 10.2 Å². The van der Waals surface area contributed by atoms with Crippen LogP contribution < -0.4 is 5.32 Å². The summed E-state index contributed by atoms with van der Waals surface area (Å²) in [4.78, 5) is 14.9. The van der Waals surface area contributed by atoms with E-state index in [1.165, 1.54) is 6.07 Å². The van der Waals surface area contributed by atoms with Crippen LogP contribution in [0.3, 0.4) is 0 Å². The number of ether oxygens (including phenoxy) is 1. The van der Waals surface area contributed by atoms with Crippen molar-refractivity contribution < 1.29 is 18.3 Å². The van der Waals surface area contributed by atoms with Crippen molar-refractivity contribution >= 4 is 6.09 Å². The average molecular weight is 398 g/mol. The number of rotatable bonds is 3. The maximum atomic E-state index is 14.2. The summed E-state index contributed by atoms with van der Waals surface area (Å²) in [6, 6.07) is 8.89. The van der Waals surface area contributed by atoms with Crippen LogP contribution in [0.4, 0.5) is 13.6 Å². The summed E-state index contributed by atoms with van der Waals surface area (Å²) in [7, 11) is 0.